The minimum atomic E-state index is -0.0163. The van der Waals surface area contributed by atoms with Crippen molar-refractivity contribution in [2.45, 2.75) is 39.2 Å². The fourth-order valence-electron chi connectivity index (χ4n) is 4.08. The lowest BCUT2D eigenvalue weighted by molar-refractivity contribution is -0.133. The zero-order valence-electron chi connectivity index (χ0n) is 15.5. The van der Waals surface area contributed by atoms with Crippen LogP contribution in [0.5, 0.6) is 5.75 Å². The van der Waals surface area contributed by atoms with Gasteiger partial charge in [0.15, 0.2) is 0 Å². The van der Waals surface area contributed by atoms with Crippen molar-refractivity contribution in [1.29, 1.82) is 0 Å². The third-order valence-corrected chi connectivity index (χ3v) is 5.51. The van der Waals surface area contributed by atoms with E-state index in [4.69, 9.17) is 9.84 Å². The molecule has 0 bridgehead atoms. The summed E-state index contributed by atoms with van der Waals surface area (Å²) in [6.07, 6.45) is 2.46. The summed E-state index contributed by atoms with van der Waals surface area (Å²) in [5.41, 5.74) is 5.82. The van der Waals surface area contributed by atoms with Crippen molar-refractivity contribution in [2.24, 2.45) is 11.0 Å². The molecule has 0 unspecified atom stereocenters. The Bertz CT molecular complexity index is 870. The van der Waals surface area contributed by atoms with Crippen LogP contribution in [-0.2, 0) is 11.2 Å². The first-order valence-corrected chi connectivity index (χ1v) is 9.26. The van der Waals surface area contributed by atoms with Crippen molar-refractivity contribution in [3.8, 4) is 5.75 Å². The molecule has 1 aliphatic carbocycles. The van der Waals surface area contributed by atoms with Crippen LogP contribution in [0.4, 0.5) is 0 Å². The summed E-state index contributed by atoms with van der Waals surface area (Å²) in [5.74, 6) is 1.13. The first kappa shape index (κ1) is 16.8. The van der Waals surface area contributed by atoms with Gasteiger partial charge < -0.3 is 4.74 Å². The van der Waals surface area contributed by atoms with Gasteiger partial charge in [-0.15, -0.1) is 0 Å². The van der Waals surface area contributed by atoms with Gasteiger partial charge in [0.25, 0.3) is 0 Å². The van der Waals surface area contributed by atoms with Gasteiger partial charge >= 0.3 is 0 Å². The molecule has 26 heavy (non-hydrogen) atoms. The van der Waals surface area contributed by atoms with Crippen molar-refractivity contribution >= 4 is 11.6 Å². The minimum Gasteiger partial charge on any atom is -0.497 e. The van der Waals surface area contributed by atoms with E-state index in [0.717, 1.165) is 35.4 Å². The largest absolute Gasteiger partial charge is 0.497 e. The molecule has 134 valence electrons. The summed E-state index contributed by atoms with van der Waals surface area (Å²) in [5, 5.41) is 6.54. The molecule has 2 aliphatic rings. The Morgan fingerprint density at radius 3 is 2.69 bits per heavy atom. The third kappa shape index (κ3) is 2.70. The fourth-order valence-corrected chi connectivity index (χ4v) is 4.08. The number of rotatable bonds is 3. The molecule has 1 amide bonds. The third-order valence-electron chi connectivity index (χ3n) is 5.51. The van der Waals surface area contributed by atoms with Crippen LogP contribution >= 0.6 is 0 Å². The van der Waals surface area contributed by atoms with Crippen LogP contribution in [0.25, 0.3) is 0 Å². The minimum absolute atomic E-state index is 0.0163. The highest BCUT2D eigenvalue weighted by Crippen LogP contribution is 2.44. The van der Waals surface area contributed by atoms with Gasteiger partial charge in [-0.2, -0.15) is 5.10 Å². The van der Waals surface area contributed by atoms with E-state index in [1.165, 1.54) is 11.1 Å². The number of carbonyl (C=O) groups is 1. The lowest BCUT2D eigenvalue weighted by atomic mass is 9.77. The van der Waals surface area contributed by atoms with Gasteiger partial charge in [0.2, 0.25) is 5.91 Å². The maximum atomic E-state index is 12.6. The number of carbonyl (C=O) groups excluding carboxylic acids is 1. The van der Waals surface area contributed by atoms with Crippen LogP contribution in [0.3, 0.4) is 0 Å². The molecule has 0 spiro atoms. The maximum absolute atomic E-state index is 12.6. The molecule has 2 atom stereocenters. The summed E-state index contributed by atoms with van der Waals surface area (Å²) in [6, 6.07) is 14.7. The molecule has 0 radical (unpaired) electrons. The molecule has 0 aromatic heterocycles. The Morgan fingerprint density at radius 2 is 2.00 bits per heavy atom. The van der Waals surface area contributed by atoms with Gasteiger partial charge in [0, 0.05) is 17.9 Å². The van der Waals surface area contributed by atoms with Gasteiger partial charge in [0.1, 0.15) is 5.75 Å². The summed E-state index contributed by atoms with van der Waals surface area (Å²) in [7, 11) is 1.68. The van der Waals surface area contributed by atoms with Crippen molar-refractivity contribution in [3.63, 3.8) is 0 Å². The van der Waals surface area contributed by atoms with E-state index in [2.05, 4.69) is 43.3 Å². The predicted octanol–water partition coefficient (Wildman–Crippen LogP) is 4.26. The number of hydrogen-bond donors (Lipinski definition) is 0. The summed E-state index contributed by atoms with van der Waals surface area (Å²) < 4.78 is 5.41. The Balaban J connectivity index is 1.80. The SMILES string of the molecule is CCC(=O)N1N=C2c3cc(OC)ccc3CC[C@@H]2[C@H]1c1ccc(C)cc1. The number of hydrogen-bond acceptors (Lipinski definition) is 3. The summed E-state index contributed by atoms with van der Waals surface area (Å²) in [4.78, 5) is 12.6. The molecule has 4 heteroatoms. The first-order chi connectivity index (χ1) is 12.6. The van der Waals surface area contributed by atoms with Crippen molar-refractivity contribution in [3.05, 3.63) is 64.7 Å². The molecule has 2 aromatic carbocycles. The molecule has 0 saturated carbocycles. The van der Waals surface area contributed by atoms with Gasteiger partial charge in [-0.25, -0.2) is 5.01 Å². The first-order valence-electron chi connectivity index (χ1n) is 9.26. The number of amides is 1. The number of ether oxygens (including phenoxy) is 1. The molecule has 1 heterocycles. The smallest absolute Gasteiger partial charge is 0.242 e. The Morgan fingerprint density at radius 1 is 1.23 bits per heavy atom. The van der Waals surface area contributed by atoms with Crippen LogP contribution in [0.15, 0.2) is 47.6 Å². The highest BCUT2D eigenvalue weighted by Gasteiger charge is 2.43. The van der Waals surface area contributed by atoms with E-state index < -0.39 is 0 Å². The van der Waals surface area contributed by atoms with Gasteiger partial charge in [-0.3, -0.25) is 4.79 Å². The molecule has 4 rings (SSSR count). The van der Waals surface area contributed by atoms with Gasteiger partial charge in [-0.1, -0.05) is 42.8 Å². The molecule has 0 N–H and O–H groups in total. The Kier molecular flexibility index (Phi) is 4.27. The molecular formula is C22H24N2O2. The summed E-state index contributed by atoms with van der Waals surface area (Å²) in [6.45, 7) is 3.98. The quantitative estimate of drug-likeness (QED) is 0.831. The van der Waals surface area contributed by atoms with E-state index in [1.807, 2.05) is 13.0 Å². The topological polar surface area (TPSA) is 41.9 Å². The molecule has 2 aromatic rings. The highest BCUT2D eigenvalue weighted by molar-refractivity contribution is 6.07. The molecule has 4 nitrogen and oxygen atoms in total. The maximum Gasteiger partial charge on any atom is 0.242 e. The number of benzene rings is 2. The second-order valence-corrected chi connectivity index (χ2v) is 7.10. The lowest BCUT2D eigenvalue weighted by Gasteiger charge is -2.29. The average Bonchev–Trinajstić information content (AvgIpc) is 3.07. The van der Waals surface area contributed by atoms with E-state index in [1.54, 1.807) is 12.1 Å². The lowest BCUT2D eigenvalue weighted by Crippen LogP contribution is -2.31. The van der Waals surface area contributed by atoms with E-state index in [0.29, 0.717) is 6.42 Å². The van der Waals surface area contributed by atoms with Crippen LogP contribution in [-0.4, -0.2) is 23.7 Å². The number of hydrazone groups is 1. The number of methoxy groups -OCH3 is 1. The van der Waals surface area contributed by atoms with Crippen LogP contribution in [0.2, 0.25) is 0 Å². The van der Waals surface area contributed by atoms with Crippen LogP contribution in [0.1, 0.15) is 48.1 Å². The number of aryl methyl sites for hydroxylation is 2. The van der Waals surface area contributed by atoms with Crippen molar-refractivity contribution in [2.75, 3.05) is 7.11 Å². The standard InChI is InChI=1S/C22H24N2O2/c1-4-20(25)24-22(16-7-5-14(2)6-8-16)18-12-10-15-9-11-17(26-3)13-19(15)21(18)23-24/h5-9,11,13,18,22H,4,10,12H2,1-3H3/t18-,22+/m0/s1. The number of fused-ring (bicyclic) bond motifs is 3. The number of nitrogens with zero attached hydrogens (tertiary/aromatic N) is 2. The van der Waals surface area contributed by atoms with Crippen molar-refractivity contribution in [1.82, 2.24) is 5.01 Å². The molecule has 0 fully saturated rings. The second-order valence-electron chi connectivity index (χ2n) is 7.10. The van der Waals surface area contributed by atoms with Crippen LogP contribution in [0, 0.1) is 12.8 Å². The Hall–Kier alpha value is -2.62. The van der Waals surface area contributed by atoms with Crippen molar-refractivity contribution < 1.29 is 9.53 Å². The zero-order valence-corrected chi connectivity index (χ0v) is 15.5. The average molecular weight is 348 g/mol. The summed E-state index contributed by atoms with van der Waals surface area (Å²) >= 11 is 0. The van der Waals surface area contributed by atoms with Gasteiger partial charge in [0.05, 0.1) is 18.9 Å². The highest BCUT2D eigenvalue weighted by atomic mass is 16.5. The predicted molar refractivity (Wildman–Crippen MR) is 102 cm³/mol. The fraction of sp³-hybridized carbons (Fsp3) is 0.364. The van der Waals surface area contributed by atoms with E-state index in [-0.39, 0.29) is 17.9 Å². The molecule has 0 saturated heterocycles. The molecule has 1 aliphatic heterocycles. The monoisotopic (exact) mass is 348 g/mol. The Labute approximate surface area is 154 Å². The van der Waals surface area contributed by atoms with E-state index >= 15 is 0 Å². The zero-order chi connectivity index (χ0) is 18.3. The molecular weight excluding hydrogens is 324 g/mol. The van der Waals surface area contributed by atoms with Gasteiger partial charge in [-0.05, 0) is 43.0 Å². The van der Waals surface area contributed by atoms with E-state index in [9.17, 15) is 4.79 Å². The second kappa shape index (κ2) is 6.60. The normalized spacial score (nSPS) is 21.0. The van der Waals surface area contributed by atoms with Crippen LogP contribution < -0.4 is 4.74 Å².